The SMILES string of the molecule is CC(CCC(=O)O)NC(=O)N(C)CCOC(C)C. The van der Waals surface area contributed by atoms with Gasteiger partial charge in [-0.1, -0.05) is 0 Å². The average molecular weight is 260 g/mol. The zero-order chi connectivity index (χ0) is 14.1. The molecule has 18 heavy (non-hydrogen) atoms. The minimum absolute atomic E-state index is 0.0572. The van der Waals surface area contributed by atoms with Crippen LogP contribution in [-0.2, 0) is 9.53 Å². The summed E-state index contributed by atoms with van der Waals surface area (Å²) in [5.41, 5.74) is 0. The van der Waals surface area contributed by atoms with Crippen LogP contribution in [0.15, 0.2) is 0 Å². The van der Waals surface area contributed by atoms with Crippen molar-refractivity contribution in [2.75, 3.05) is 20.2 Å². The van der Waals surface area contributed by atoms with Crippen LogP contribution in [-0.4, -0.2) is 54.4 Å². The maximum absolute atomic E-state index is 11.7. The molecule has 6 nitrogen and oxygen atoms in total. The molecule has 0 heterocycles. The van der Waals surface area contributed by atoms with Gasteiger partial charge in [0.25, 0.3) is 0 Å². The largest absolute Gasteiger partial charge is 0.481 e. The van der Waals surface area contributed by atoms with Crippen LogP contribution >= 0.6 is 0 Å². The van der Waals surface area contributed by atoms with E-state index in [0.29, 0.717) is 19.6 Å². The second kappa shape index (κ2) is 8.74. The lowest BCUT2D eigenvalue weighted by Crippen LogP contribution is -2.43. The molecule has 0 saturated carbocycles. The monoisotopic (exact) mass is 260 g/mol. The van der Waals surface area contributed by atoms with Crippen molar-refractivity contribution in [2.45, 2.75) is 45.8 Å². The lowest BCUT2D eigenvalue weighted by molar-refractivity contribution is -0.137. The van der Waals surface area contributed by atoms with Gasteiger partial charge in [-0.3, -0.25) is 4.79 Å². The third-order valence-electron chi connectivity index (χ3n) is 2.39. The zero-order valence-electron chi connectivity index (χ0n) is 11.6. The van der Waals surface area contributed by atoms with Crippen molar-refractivity contribution >= 4 is 12.0 Å². The molecule has 0 fully saturated rings. The molecule has 0 radical (unpaired) electrons. The summed E-state index contributed by atoms with van der Waals surface area (Å²) in [6.45, 7) is 6.67. The second-order valence-corrected chi connectivity index (χ2v) is 4.62. The number of ether oxygens (including phenoxy) is 1. The van der Waals surface area contributed by atoms with Gasteiger partial charge in [0.1, 0.15) is 0 Å². The molecule has 0 saturated heterocycles. The second-order valence-electron chi connectivity index (χ2n) is 4.62. The van der Waals surface area contributed by atoms with Crippen LogP contribution in [0.1, 0.15) is 33.6 Å². The van der Waals surface area contributed by atoms with Crippen LogP contribution in [0.25, 0.3) is 0 Å². The first kappa shape index (κ1) is 16.7. The Morgan fingerprint density at radius 2 is 1.94 bits per heavy atom. The quantitative estimate of drug-likeness (QED) is 0.689. The summed E-state index contributed by atoms with van der Waals surface area (Å²) in [7, 11) is 1.68. The number of amides is 2. The first-order valence-corrected chi connectivity index (χ1v) is 6.18. The molecule has 0 aliphatic carbocycles. The lowest BCUT2D eigenvalue weighted by Gasteiger charge is -2.21. The predicted molar refractivity (Wildman–Crippen MR) is 68.6 cm³/mol. The summed E-state index contributed by atoms with van der Waals surface area (Å²) >= 11 is 0. The molecule has 0 aliphatic heterocycles. The van der Waals surface area contributed by atoms with E-state index in [4.69, 9.17) is 9.84 Å². The van der Waals surface area contributed by atoms with Gasteiger partial charge in [-0.25, -0.2) is 4.79 Å². The molecule has 0 aliphatic rings. The van der Waals surface area contributed by atoms with Crippen molar-refractivity contribution in [1.29, 1.82) is 0 Å². The zero-order valence-corrected chi connectivity index (χ0v) is 11.6. The molecule has 2 N–H and O–H groups in total. The Morgan fingerprint density at radius 1 is 1.33 bits per heavy atom. The minimum Gasteiger partial charge on any atom is -0.481 e. The average Bonchev–Trinajstić information content (AvgIpc) is 2.25. The fraction of sp³-hybridized carbons (Fsp3) is 0.833. The van der Waals surface area contributed by atoms with Crippen molar-refractivity contribution in [1.82, 2.24) is 10.2 Å². The number of urea groups is 1. The van der Waals surface area contributed by atoms with E-state index in [0.717, 1.165) is 0 Å². The van der Waals surface area contributed by atoms with Gasteiger partial charge in [-0.15, -0.1) is 0 Å². The minimum atomic E-state index is -0.852. The number of rotatable bonds is 8. The molecule has 0 aromatic carbocycles. The number of carbonyl (C=O) groups is 2. The summed E-state index contributed by atoms with van der Waals surface area (Å²) in [4.78, 5) is 23.6. The summed E-state index contributed by atoms with van der Waals surface area (Å²) in [6, 6.07) is -0.359. The van der Waals surface area contributed by atoms with Crippen LogP contribution in [0.3, 0.4) is 0 Å². The van der Waals surface area contributed by atoms with E-state index in [9.17, 15) is 9.59 Å². The number of nitrogens with one attached hydrogen (secondary N) is 1. The van der Waals surface area contributed by atoms with E-state index in [2.05, 4.69) is 5.32 Å². The van der Waals surface area contributed by atoms with Crippen molar-refractivity contribution in [3.63, 3.8) is 0 Å². The summed E-state index contributed by atoms with van der Waals surface area (Å²) in [6.07, 6.45) is 0.634. The fourth-order valence-electron chi connectivity index (χ4n) is 1.26. The van der Waals surface area contributed by atoms with Crippen LogP contribution in [0, 0.1) is 0 Å². The first-order valence-electron chi connectivity index (χ1n) is 6.18. The number of carboxylic acids is 1. The number of likely N-dealkylation sites (N-methyl/N-ethyl adjacent to an activating group) is 1. The van der Waals surface area contributed by atoms with E-state index in [1.54, 1.807) is 14.0 Å². The van der Waals surface area contributed by atoms with Crippen LogP contribution in [0.4, 0.5) is 4.79 Å². The van der Waals surface area contributed by atoms with Crippen molar-refractivity contribution in [3.05, 3.63) is 0 Å². The number of hydrogen-bond donors (Lipinski definition) is 2. The Hall–Kier alpha value is -1.30. The van der Waals surface area contributed by atoms with Gasteiger partial charge in [0.15, 0.2) is 0 Å². The summed E-state index contributed by atoms with van der Waals surface area (Å²) < 4.78 is 5.35. The number of carbonyl (C=O) groups excluding carboxylic acids is 1. The maximum atomic E-state index is 11.7. The van der Waals surface area contributed by atoms with Gasteiger partial charge in [0, 0.05) is 26.1 Å². The van der Waals surface area contributed by atoms with Gasteiger partial charge in [0.05, 0.1) is 12.7 Å². The van der Waals surface area contributed by atoms with Gasteiger partial charge in [-0.2, -0.15) is 0 Å². The topological polar surface area (TPSA) is 78.9 Å². The third kappa shape index (κ3) is 8.81. The van der Waals surface area contributed by atoms with Gasteiger partial charge in [-0.05, 0) is 27.2 Å². The third-order valence-corrected chi connectivity index (χ3v) is 2.39. The standard InChI is InChI=1S/C12H24N2O4/c1-9(2)18-8-7-14(4)12(17)13-10(3)5-6-11(15)16/h9-10H,5-8H2,1-4H3,(H,13,17)(H,15,16). The Bertz CT molecular complexity index is 269. The first-order chi connectivity index (χ1) is 8.32. The number of nitrogens with zero attached hydrogens (tertiary/aromatic N) is 1. The lowest BCUT2D eigenvalue weighted by atomic mass is 10.2. The molecule has 6 heteroatoms. The highest BCUT2D eigenvalue weighted by Gasteiger charge is 2.12. The van der Waals surface area contributed by atoms with E-state index in [-0.39, 0.29) is 24.6 Å². The van der Waals surface area contributed by atoms with Crippen molar-refractivity contribution in [3.8, 4) is 0 Å². The maximum Gasteiger partial charge on any atom is 0.317 e. The Kier molecular flexibility index (Phi) is 8.11. The highest BCUT2D eigenvalue weighted by Crippen LogP contribution is 1.98. The number of aliphatic carboxylic acids is 1. The molecule has 106 valence electrons. The van der Waals surface area contributed by atoms with Gasteiger partial charge >= 0.3 is 12.0 Å². The van der Waals surface area contributed by atoms with Gasteiger partial charge in [0.2, 0.25) is 0 Å². The van der Waals surface area contributed by atoms with Crippen LogP contribution in [0.5, 0.6) is 0 Å². The molecule has 0 spiro atoms. The Balaban J connectivity index is 3.81. The highest BCUT2D eigenvalue weighted by atomic mass is 16.5. The molecule has 0 aromatic heterocycles. The van der Waals surface area contributed by atoms with Crippen molar-refractivity contribution in [2.24, 2.45) is 0 Å². The van der Waals surface area contributed by atoms with E-state index in [1.807, 2.05) is 13.8 Å². The van der Waals surface area contributed by atoms with Crippen LogP contribution in [0.2, 0.25) is 0 Å². The molecule has 2 amide bonds. The number of hydrogen-bond acceptors (Lipinski definition) is 3. The summed E-state index contributed by atoms with van der Waals surface area (Å²) in [5.74, 6) is -0.852. The molecule has 0 bridgehead atoms. The molecular formula is C12H24N2O4. The van der Waals surface area contributed by atoms with Gasteiger partial charge < -0.3 is 20.1 Å². The summed E-state index contributed by atoms with van der Waals surface area (Å²) in [5, 5.41) is 11.3. The molecule has 0 aromatic rings. The molecular weight excluding hydrogens is 236 g/mol. The molecule has 1 unspecified atom stereocenters. The van der Waals surface area contributed by atoms with Crippen molar-refractivity contribution < 1.29 is 19.4 Å². The fourth-order valence-corrected chi connectivity index (χ4v) is 1.26. The highest BCUT2D eigenvalue weighted by molar-refractivity contribution is 5.74. The molecule has 1 atom stereocenters. The van der Waals surface area contributed by atoms with Crippen LogP contribution < -0.4 is 5.32 Å². The van der Waals surface area contributed by atoms with E-state index < -0.39 is 5.97 Å². The Labute approximate surface area is 108 Å². The number of carboxylic acid groups (broad SMARTS) is 1. The Morgan fingerprint density at radius 3 is 2.44 bits per heavy atom. The van der Waals surface area contributed by atoms with E-state index >= 15 is 0 Å². The predicted octanol–water partition coefficient (Wildman–Crippen LogP) is 1.31. The van der Waals surface area contributed by atoms with E-state index in [1.165, 1.54) is 4.90 Å². The normalized spacial score (nSPS) is 12.3. The smallest absolute Gasteiger partial charge is 0.317 e. The molecule has 0 rings (SSSR count).